The van der Waals surface area contributed by atoms with Gasteiger partial charge in [0.1, 0.15) is 0 Å². The lowest BCUT2D eigenvalue weighted by molar-refractivity contribution is -0.0823. The minimum absolute atomic E-state index is 0.0830. The van der Waals surface area contributed by atoms with E-state index in [0.29, 0.717) is 19.8 Å². The summed E-state index contributed by atoms with van der Waals surface area (Å²) in [5.74, 6) is 0. The second-order valence-corrected chi connectivity index (χ2v) is 9.43. The number of methoxy groups -OCH3 is 1. The smallest absolute Gasteiger partial charge is 0.195 e. The van der Waals surface area contributed by atoms with Gasteiger partial charge in [0.2, 0.25) is 0 Å². The molecule has 4 nitrogen and oxygen atoms in total. The Morgan fingerprint density at radius 2 is 1.59 bits per heavy atom. The zero-order valence-corrected chi connectivity index (χ0v) is 18.7. The number of hydrogen-bond donors (Lipinski definition) is 0. The van der Waals surface area contributed by atoms with Crippen LogP contribution < -0.4 is 5.43 Å². The first-order chi connectivity index (χ1) is 13.7. The summed E-state index contributed by atoms with van der Waals surface area (Å²) in [6.07, 6.45) is 0.771. The van der Waals surface area contributed by atoms with Crippen molar-refractivity contribution < 1.29 is 14.2 Å². The Balaban J connectivity index is 1.77. The summed E-state index contributed by atoms with van der Waals surface area (Å²) in [4.78, 5) is 13.0. The predicted molar refractivity (Wildman–Crippen MR) is 121 cm³/mol. The van der Waals surface area contributed by atoms with Crippen LogP contribution in [-0.2, 0) is 19.8 Å². The summed E-state index contributed by atoms with van der Waals surface area (Å²) >= 11 is 1.65. The maximum Gasteiger partial charge on any atom is 0.195 e. The Hall–Kier alpha value is -1.79. The second kappa shape index (κ2) is 8.92. The van der Waals surface area contributed by atoms with Crippen molar-refractivity contribution in [3.05, 3.63) is 58.3 Å². The molecule has 3 rings (SSSR count). The van der Waals surface area contributed by atoms with Crippen LogP contribution in [0.4, 0.5) is 0 Å². The number of fused-ring (bicyclic) bond motifs is 2. The molecule has 0 atom stereocenters. The van der Waals surface area contributed by atoms with Crippen molar-refractivity contribution in [1.29, 1.82) is 0 Å². The van der Waals surface area contributed by atoms with Crippen molar-refractivity contribution in [2.45, 2.75) is 45.3 Å². The van der Waals surface area contributed by atoms with E-state index in [-0.39, 0.29) is 11.0 Å². The van der Waals surface area contributed by atoms with Gasteiger partial charge in [0.25, 0.3) is 0 Å². The van der Waals surface area contributed by atoms with Gasteiger partial charge in [-0.3, -0.25) is 4.79 Å². The molecule has 0 amide bonds. The molecule has 0 spiro atoms. The Bertz CT molecular complexity index is 1040. The average Bonchev–Trinajstić information content (AvgIpc) is 2.68. The van der Waals surface area contributed by atoms with E-state index in [1.54, 1.807) is 18.4 Å². The maximum absolute atomic E-state index is 13.0. The molecule has 1 heterocycles. The van der Waals surface area contributed by atoms with E-state index in [4.69, 9.17) is 14.2 Å². The molecular formula is C24H30O4S. The van der Waals surface area contributed by atoms with E-state index in [0.717, 1.165) is 32.2 Å². The summed E-state index contributed by atoms with van der Waals surface area (Å²) in [5.41, 5.74) is 0.308. The first kappa shape index (κ1) is 21.9. The molecule has 0 aliphatic carbocycles. The number of ether oxygens (including phenoxy) is 3. The van der Waals surface area contributed by atoms with E-state index in [2.05, 4.69) is 19.9 Å². The van der Waals surface area contributed by atoms with Crippen LogP contribution in [0.5, 0.6) is 0 Å². The maximum atomic E-state index is 13.0. The van der Waals surface area contributed by atoms with Crippen molar-refractivity contribution in [1.82, 2.24) is 0 Å². The Kier molecular flexibility index (Phi) is 6.74. The van der Waals surface area contributed by atoms with Crippen LogP contribution in [0.25, 0.3) is 20.2 Å². The first-order valence-electron chi connectivity index (χ1n) is 9.96. The van der Waals surface area contributed by atoms with Gasteiger partial charge in [-0.25, -0.2) is 0 Å². The van der Waals surface area contributed by atoms with Crippen molar-refractivity contribution >= 4 is 31.5 Å². The largest absolute Gasteiger partial charge is 0.382 e. The molecular weight excluding hydrogens is 384 g/mol. The fourth-order valence-electron chi connectivity index (χ4n) is 3.29. The highest BCUT2D eigenvalue weighted by atomic mass is 32.1. The fourth-order valence-corrected chi connectivity index (χ4v) is 4.34. The van der Waals surface area contributed by atoms with Crippen molar-refractivity contribution in [3.63, 3.8) is 0 Å². The lowest BCUT2D eigenvalue weighted by atomic mass is 9.96. The van der Waals surface area contributed by atoms with Crippen molar-refractivity contribution in [2.75, 3.05) is 26.9 Å². The molecule has 0 aliphatic heterocycles. The summed E-state index contributed by atoms with van der Waals surface area (Å²) in [5, 5.41) is 1.53. The molecule has 0 saturated carbocycles. The summed E-state index contributed by atoms with van der Waals surface area (Å²) in [6, 6.07) is 13.9. The van der Waals surface area contributed by atoms with Gasteiger partial charge in [-0.2, -0.15) is 0 Å². The molecule has 0 N–H and O–H groups in total. The summed E-state index contributed by atoms with van der Waals surface area (Å²) < 4.78 is 19.1. The quantitative estimate of drug-likeness (QED) is 0.343. The molecule has 0 saturated heterocycles. The molecule has 2 aromatic carbocycles. The zero-order chi connectivity index (χ0) is 21.1. The third-order valence-corrected chi connectivity index (χ3v) is 6.37. The molecule has 3 aromatic rings. The molecule has 0 bridgehead atoms. The zero-order valence-electron chi connectivity index (χ0n) is 17.9. The van der Waals surface area contributed by atoms with Crippen molar-refractivity contribution in [3.8, 4) is 0 Å². The normalized spacial score (nSPS) is 12.7. The van der Waals surface area contributed by atoms with Crippen LogP contribution >= 0.6 is 11.3 Å². The minimum atomic E-state index is -0.500. The van der Waals surface area contributed by atoms with Gasteiger partial charge in [-0.15, -0.1) is 11.3 Å². The van der Waals surface area contributed by atoms with E-state index >= 15 is 0 Å². The number of hydrogen-bond acceptors (Lipinski definition) is 5. The first-order valence-corrected chi connectivity index (χ1v) is 10.8. The summed E-state index contributed by atoms with van der Waals surface area (Å²) in [6.45, 7) is 9.93. The molecule has 156 valence electrons. The third-order valence-electron chi connectivity index (χ3n) is 5.22. The van der Waals surface area contributed by atoms with Crippen LogP contribution in [0, 0.1) is 0 Å². The fraction of sp³-hybridized carbons (Fsp3) is 0.458. The number of rotatable bonds is 9. The molecule has 0 unspecified atom stereocenters. The summed E-state index contributed by atoms with van der Waals surface area (Å²) in [7, 11) is 1.67. The topological polar surface area (TPSA) is 44.8 Å². The molecule has 0 aliphatic rings. The van der Waals surface area contributed by atoms with Gasteiger partial charge in [-0.1, -0.05) is 18.2 Å². The van der Waals surface area contributed by atoms with Gasteiger partial charge < -0.3 is 14.2 Å². The average molecular weight is 415 g/mol. The van der Waals surface area contributed by atoms with E-state index in [1.807, 2.05) is 50.2 Å². The molecule has 0 radical (unpaired) electrons. The monoisotopic (exact) mass is 414 g/mol. The molecule has 1 aromatic heterocycles. The lowest BCUT2D eigenvalue weighted by Crippen LogP contribution is -2.30. The van der Waals surface area contributed by atoms with Crippen molar-refractivity contribution in [2.24, 2.45) is 0 Å². The van der Waals surface area contributed by atoms with Gasteiger partial charge in [-0.05, 0) is 63.9 Å². The van der Waals surface area contributed by atoms with Gasteiger partial charge >= 0.3 is 0 Å². The Labute approximate surface area is 176 Å². The molecule has 5 heteroatoms. The molecule has 29 heavy (non-hydrogen) atoms. The highest BCUT2D eigenvalue weighted by molar-refractivity contribution is 7.24. The third kappa shape index (κ3) is 5.23. The van der Waals surface area contributed by atoms with Crippen LogP contribution in [-0.4, -0.2) is 32.5 Å². The Morgan fingerprint density at radius 3 is 2.34 bits per heavy atom. The standard InChI is InChI=1S/C24H30O4S/c1-23(2,27-15-14-26-5)12-13-28-24(3,4)17-10-11-21-19(16-17)22(25)18-8-6-7-9-20(18)29-21/h6-11,16H,12-15H2,1-5H3. The van der Waals surface area contributed by atoms with Gasteiger partial charge in [0, 0.05) is 27.3 Å². The van der Waals surface area contributed by atoms with Crippen LogP contribution in [0.3, 0.4) is 0 Å². The molecule has 0 fully saturated rings. The highest BCUT2D eigenvalue weighted by Crippen LogP contribution is 2.31. The van der Waals surface area contributed by atoms with Crippen LogP contribution in [0.2, 0.25) is 0 Å². The SMILES string of the molecule is COCCOC(C)(C)CCOC(C)(C)c1ccc2sc3ccccc3c(=O)c2c1. The Morgan fingerprint density at radius 1 is 0.862 bits per heavy atom. The highest BCUT2D eigenvalue weighted by Gasteiger charge is 2.25. The predicted octanol–water partition coefficient (Wildman–Crippen LogP) is 5.50. The van der Waals surface area contributed by atoms with Gasteiger partial charge in [0.15, 0.2) is 5.43 Å². The second-order valence-electron chi connectivity index (χ2n) is 8.35. The van der Waals surface area contributed by atoms with Gasteiger partial charge in [0.05, 0.1) is 31.0 Å². The van der Waals surface area contributed by atoms with E-state index in [9.17, 15) is 4.79 Å². The van der Waals surface area contributed by atoms with Crippen LogP contribution in [0.1, 0.15) is 39.7 Å². The number of benzene rings is 2. The lowest BCUT2D eigenvalue weighted by Gasteiger charge is -2.30. The van der Waals surface area contributed by atoms with E-state index in [1.165, 1.54) is 0 Å². The van der Waals surface area contributed by atoms with Crippen LogP contribution in [0.15, 0.2) is 47.3 Å². The minimum Gasteiger partial charge on any atom is -0.382 e. The van der Waals surface area contributed by atoms with E-state index < -0.39 is 5.60 Å².